The number of rotatable bonds is 8. The molecular weight excluding hydrogens is 338 g/mol. The number of aryl methyl sites for hydroxylation is 1. The van der Waals surface area contributed by atoms with E-state index >= 15 is 4.39 Å². The molecule has 0 N–H and O–H groups in total. The second-order valence-electron chi connectivity index (χ2n) is 7.39. The highest BCUT2D eigenvalue weighted by Gasteiger charge is 2.37. The van der Waals surface area contributed by atoms with Crippen LogP contribution in [0.1, 0.15) is 62.1 Å². The molecule has 1 unspecified atom stereocenters. The first-order valence-corrected chi connectivity index (χ1v) is 10.0. The quantitative estimate of drug-likeness (QED) is 0.423. The SMILES string of the molecule is CCCCCCCc1cccc(C2=CC=CCC2(F)c2cccc(F)c2)c1. The predicted molar refractivity (Wildman–Crippen MR) is 110 cm³/mol. The molecule has 0 amide bonds. The average molecular weight is 366 g/mol. The molecule has 0 fully saturated rings. The molecular formula is C25H28F2. The molecule has 142 valence electrons. The van der Waals surface area contributed by atoms with Crippen molar-refractivity contribution in [2.75, 3.05) is 0 Å². The van der Waals surface area contributed by atoms with Gasteiger partial charge < -0.3 is 0 Å². The third-order valence-electron chi connectivity index (χ3n) is 5.31. The lowest BCUT2D eigenvalue weighted by Crippen LogP contribution is -2.23. The molecule has 2 aromatic carbocycles. The zero-order valence-electron chi connectivity index (χ0n) is 16.1. The zero-order valence-corrected chi connectivity index (χ0v) is 16.1. The van der Waals surface area contributed by atoms with Crippen molar-refractivity contribution in [3.05, 3.63) is 89.3 Å². The molecule has 2 heteroatoms. The van der Waals surface area contributed by atoms with Gasteiger partial charge in [-0.05, 0) is 41.7 Å². The van der Waals surface area contributed by atoms with E-state index in [4.69, 9.17) is 0 Å². The minimum Gasteiger partial charge on any atom is -0.233 e. The number of unbranched alkanes of at least 4 members (excludes halogenated alkanes) is 4. The number of alkyl halides is 1. The van der Waals surface area contributed by atoms with Crippen molar-refractivity contribution in [3.8, 4) is 0 Å². The van der Waals surface area contributed by atoms with Gasteiger partial charge in [-0.25, -0.2) is 8.78 Å². The molecule has 0 aliphatic heterocycles. The van der Waals surface area contributed by atoms with Crippen molar-refractivity contribution < 1.29 is 8.78 Å². The van der Waals surface area contributed by atoms with Gasteiger partial charge in [0.1, 0.15) is 5.82 Å². The van der Waals surface area contributed by atoms with Crippen molar-refractivity contribution in [1.82, 2.24) is 0 Å². The van der Waals surface area contributed by atoms with Crippen molar-refractivity contribution >= 4 is 5.57 Å². The molecule has 2 aromatic rings. The highest BCUT2D eigenvalue weighted by molar-refractivity contribution is 5.76. The largest absolute Gasteiger partial charge is 0.233 e. The van der Waals surface area contributed by atoms with Crippen molar-refractivity contribution in [2.24, 2.45) is 0 Å². The van der Waals surface area contributed by atoms with Gasteiger partial charge in [0, 0.05) is 12.0 Å². The lowest BCUT2D eigenvalue weighted by molar-refractivity contribution is 0.249. The van der Waals surface area contributed by atoms with Gasteiger partial charge in [0.15, 0.2) is 5.67 Å². The molecule has 1 atom stereocenters. The molecule has 1 aliphatic carbocycles. The van der Waals surface area contributed by atoms with Crippen LogP contribution in [0.15, 0.2) is 66.8 Å². The van der Waals surface area contributed by atoms with Crippen molar-refractivity contribution in [2.45, 2.75) is 57.5 Å². The summed E-state index contributed by atoms with van der Waals surface area (Å²) in [5.41, 5.74) is 1.42. The first-order valence-electron chi connectivity index (χ1n) is 10.0. The first-order chi connectivity index (χ1) is 13.1. The van der Waals surface area contributed by atoms with Gasteiger partial charge in [0.2, 0.25) is 0 Å². The van der Waals surface area contributed by atoms with E-state index in [-0.39, 0.29) is 6.42 Å². The van der Waals surface area contributed by atoms with Gasteiger partial charge in [0.25, 0.3) is 0 Å². The summed E-state index contributed by atoms with van der Waals surface area (Å²) in [4.78, 5) is 0. The van der Waals surface area contributed by atoms with Crippen molar-refractivity contribution in [3.63, 3.8) is 0 Å². The maximum absolute atomic E-state index is 16.1. The second kappa shape index (κ2) is 9.12. The summed E-state index contributed by atoms with van der Waals surface area (Å²) in [7, 11) is 0. The molecule has 0 saturated carbocycles. The minimum atomic E-state index is -1.70. The van der Waals surface area contributed by atoms with E-state index in [0.717, 1.165) is 18.4 Å². The Morgan fingerprint density at radius 3 is 2.59 bits per heavy atom. The predicted octanol–water partition coefficient (Wildman–Crippen LogP) is 7.55. The Morgan fingerprint density at radius 2 is 1.78 bits per heavy atom. The van der Waals surface area contributed by atoms with E-state index in [0.29, 0.717) is 11.1 Å². The zero-order chi connectivity index (χ0) is 19.1. The van der Waals surface area contributed by atoms with Crippen LogP contribution in [0.4, 0.5) is 8.78 Å². The Morgan fingerprint density at radius 1 is 0.963 bits per heavy atom. The molecule has 0 bridgehead atoms. The highest BCUT2D eigenvalue weighted by Crippen LogP contribution is 2.45. The summed E-state index contributed by atoms with van der Waals surface area (Å²) >= 11 is 0. The number of hydrogen-bond acceptors (Lipinski definition) is 0. The third-order valence-corrected chi connectivity index (χ3v) is 5.31. The van der Waals surface area contributed by atoms with E-state index in [9.17, 15) is 4.39 Å². The van der Waals surface area contributed by atoms with E-state index in [1.165, 1.54) is 43.4 Å². The van der Waals surface area contributed by atoms with E-state index in [1.54, 1.807) is 12.1 Å². The average Bonchev–Trinajstić information content (AvgIpc) is 2.68. The normalized spacial score (nSPS) is 19.1. The number of halogens is 2. The van der Waals surface area contributed by atoms with Crippen LogP contribution in [0, 0.1) is 5.82 Å². The van der Waals surface area contributed by atoms with E-state index < -0.39 is 11.5 Å². The van der Waals surface area contributed by atoms with Crippen molar-refractivity contribution in [1.29, 1.82) is 0 Å². The highest BCUT2D eigenvalue weighted by atomic mass is 19.1. The first kappa shape index (κ1) is 19.5. The van der Waals surface area contributed by atoms with Crippen LogP contribution in [0.3, 0.4) is 0 Å². The Hall–Kier alpha value is -2.22. The summed E-state index contributed by atoms with van der Waals surface area (Å²) in [5, 5.41) is 0. The molecule has 0 nitrogen and oxygen atoms in total. The monoisotopic (exact) mass is 366 g/mol. The summed E-state index contributed by atoms with van der Waals surface area (Å²) in [6.45, 7) is 2.22. The molecule has 0 radical (unpaired) electrons. The molecule has 27 heavy (non-hydrogen) atoms. The van der Waals surface area contributed by atoms with Gasteiger partial charge in [0.05, 0.1) is 0 Å². The van der Waals surface area contributed by atoms with E-state index in [2.05, 4.69) is 19.1 Å². The standard InChI is InChI=1S/C25H28F2/c1-2-3-4-5-6-11-20-12-9-13-21(18-20)24-16-7-8-17-25(24,27)22-14-10-15-23(26)19-22/h7-10,12-16,18-19H,2-6,11,17H2,1H3. The lowest BCUT2D eigenvalue weighted by Gasteiger charge is -2.30. The minimum absolute atomic E-state index is 0.226. The molecule has 0 spiro atoms. The van der Waals surface area contributed by atoms with Gasteiger partial charge in [-0.3, -0.25) is 0 Å². The smallest absolute Gasteiger partial charge is 0.165 e. The second-order valence-corrected chi connectivity index (χ2v) is 7.39. The van der Waals surface area contributed by atoms with Crippen LogP contribution in [-0.2, 0) is 12.1 Å². The van der Waals surface area contributed by atoms with Crippen LogP contribution >= 0.6 is 0 Å². The van der Waals surface area contributed by atoms with Gasteiger partial charge in [-0.1, -0.05) is 87.2 Å². The summed E-state index contributed by atoms with van der Waals surface area (Å²) in [6, 6.07) is 14.1. The maximum Gasteiger partial charge on any atom is 0.165 e. The van der Waals surface area contributed by atoms with Gasteiger partial charge in [-0.2, -0.15) is 0 Å². The van der Waals surface area contributed by atoms with Crippen LogP contribution < -0.4 is 0 Å². The molecule has 0 saturated heterocycles. The Balaban J connectivity index is 1.82. The molecule has 0 heterocycles. The topological polar surface area (TPSA) is 0 Å². The van der Waals surface area contributed by atoms with Gasteiger partial charge >= 0.3 is 0 Å². The van der Waals surface area contributed by atoms with Crippen LogP contribution in [0.5, 0.6) is 0 Å². The van der Waals surface area contributed by atoms with Crippen LogP contribution in [-0.4, -0.2) is 0 Å². The number of allylic oxidation sites excluding steroid dienone is 4. The lowest BCUT2D eigenvalue weighted by atomic mass is 9.78. The Bertz CT molecular complexity index is 819. The fourth-order valence-electron chi connectivity index (χ4n) is 3.80. The fraction of sp³-hybridized carbons (Fsp3) is 0.360. The Labute approximate surface area is 161 Å². The van der Waals surface area contributed by atoms with E-state index in [1.807, 2.05) is 30.4 Å². The van der Waals surface area contributed by atoms with Crippen LogP contribution in [0.2, 0.25) is 0 Å². The van der Waals surface area contributed by atoms with Gasteiger partial charge in [-0.15, -0.1) is 0 Å². The number of hydrogen-bond donors (Lipinski definition) is 0. The summed E-state index contributed by atoms with van der Waals surface area (Å²) < 4.78 is 29.8. The molecule has 1 aliphatic rings. The molecule has 3 rings (SSSR count). The number of benzene rings is 2. The third kappa shape index (κ3) is 4.74. The Kier molecular flexibility index (Phi) is 6.60. The van der Waals surface area contributed by atoms with Crippen LogP contribution in [0.25, 0.3) is 5.57 Å². The summed E-state index contributed by atoms with van der Waals surface area (Å²) in [6.07, 6.45) is 13.0. The maximum atomic E-state index is 16.1. The fourth-order valence-corrected chi connectivity index (χ4v) is 3.80. The molecule has 0 aromatic heterocycles. The summed E-state index contributed by atoms with van der Waals surface area (Å²) in [5.74, 6) is -0.403.